The van der Waals surface area contributed by atoms with Gasteiger partial charge in [-0.3, -0.25) is 5.32 Å². The summed E-state index contributed by atoms with van der Waals surface area (Å²) >= 11 is 0. The van der Waals surface area contributed by atoms with Crippen molar-refractivity contribution in [3.05, 3.63) is 108 Å². The van der Waals surface area contributed by atoms with Gasteiger partial charge >= 0.3 is 0 Å². The number of nitrogens with zero attached hydrogens (tertiary/aromatic N) is 2. The fraction of sp³-hybridized carbons (Fsp3) is 0.179. The Morgan fingerprint density at radius 3 is 2.39 bits per heavy atom. The Balaban J connectivity index is 1.42. The molecule has 0 amide bonds. The molecule has 0 aliphatic carbocycles. The standard InChI is InChI=1S/C28H27N5/c1-33(2)20-14-12-19(13-15-20)26-27-22(21-10-6-7-11-23(21)30-27)16-24(31-26)28-29-17-25(32-28)18-8-4-3-5-9-18/h3-15,17,24,26,30-31H,16H2,1-2H3,(H,29,32)/t24-,26?/m1/s1. The minimum absolute atomic E-state index is 0.0626. The van der Waals surface area contributed by atoms with Crippen LogP contribution >= 0.6 is 0 Å². The van der Waals surface area contributed by atoms with Gasteiger partial charge in [0.25, 0.3) is 0 Å². The Kier molecular flexibility index (Phi) is 4.77. The number of fused-ring (bicyclic) bond motifs is 3. The normalized spacial score (nSPS) is 17.8. The molecule has 2 atom stereocenters. The number of anilines is 1. The number of hydrogen-bond acceptors (Lipinski definition) is 3. The van der Waals surface area contributed by atoms with E-state index >= 15 is 0 Å². The zero-order valence-corrected chi connectivity index (χ0v) is 18.8. The van der Waals surface area contributed by atoms with Crippen LogP contribution in [0.15, 0.2) is 85.1 Å². The molecule has 0 radical (unpaired) electrons. The predicted octanol–water partition coefficient (Wildman–Crippen LogP) is 5.60. The van der Waals surface area contributed by atoms with Crippen LogP contribution in [0, 0.1) is 0 Å². The van der Waals surface area contributed by atoms with Crippen molar-refractivity contribution in [3.8, 4) is 11.3 Å². The highest BCUT2D eigenvalue weighted by Crippen LogP contribution is 2.39. The minimum atomic E-state index is 0.0626. The Hall–Kier alpha value is -3.83. The molecule has 5 heteroatoms. The average Bonchev–Trinajstić information content (AvgIpc) is 3.49. The molecule has 0 saturated heterocycles. The van der Waals surface area contributed by atoms with Crippen LogP contribution in [0.5, 0.6) is 0 Å². The predicted molar refractivity (Wildman–Crippen MR) is 135 cm³/mol. The molecule has 0 saturated carbocycles. The number of hydrogen-bond donors (Lipinski definition) is 3. The highest BCUT2D eigenvalue weighted by molar-refractivity contribution is 5.85. The number of para-hydroxylation sites is 1. The van der Waals surface area contributed by atoms with Gasteiger partial charge in [0.05, 0.1) is 24.0 Å². The molecule has 0 spiro atoms. The lowest BCUT2D eigenvalue weighted by Crippen LogP contribution is -2.34. The van der Waals surface area contributed by atoms with Crippen molar-refractivity contribution in [2.45, 2.75) is 18.5 Å². The van der Waals surface area contributed by atoms with Crippen LogP contribution in [-0.4, -0.2) is 29.0 Å². The van der Waals surface area contributed by atoms with E-state index in [2.05, 4.69) is 107 Å². The van der Waals surface area contributed by atoms with Crippen molar-refractivity contribution >= 4 is 16.6 Å². The number of aromatic nitrogens is 3. The summed E-state index contributed by atoms with van der Waals surface area (Å²) in [4.78, 5) is 14.2. The Bertz CT molecular complexity index is 1400. The van der Waals surface area contributed by atoms with Crippen LogP contribution in [0.3, 0.4) is 0 Å². The fourth-order valence-corrected chi connectivity index (χ4v) is 4.92. The Labute approximate surface area is 193 Å². The summed E-state index contributed by atoms with van der Waals surface area (Å²) in [5, 5.41) is 5.17. The van der Waals surface area contributed by atoms with Crippen LogP contribution in [0.25, 0.3) is 22.2 Å². The first-order chi connectivity index (χ1) is 16.2. The molecule has 5 nitrogen and oxygen atoms in total. The van der Waals surface area contributed by atoms with E-state index in [1.165, 1.54) is 33.4 Å². The van der Waals surface area contributed by atoms with Crippen molar-refractivity contribution < 1.29 is 0 Å². The second kappa shape index (κ2) is 7.94. The summed E-state index contributed by atoms with van der Waals surface area (Å²) in [5.74, 6) is 0.972. The molecule has 1 aliphatic rings. The van der Waals surface area contributed by atoms with E-state index in [1.807, 2.05) is 12.3 Å². The number of aromatic amines is 2. The van der Waals surface area contributed by atoms with Gasteiger partial charge in [-0.1, -0.05) is 60.7 Å². The van der Waals surface area contributed by atoms with E-state index in [0.29, 0.717) is 0 Å². The van der Waals surface area contributed by atoms with E-state index in [4.69, 9.17) is 4.98 Å². The summed E-state index contributed by atoms with van der Waals surface area (Å²) < 4.78 is 0. The van der Waals surface area contributed by atoms with Gasteiger partial charge in [-0.15, -0.1) is 0 Å². The quantitative estimate of drug-likeness (QED) is 0.346. The lowest BCUT2D eigenvalue weighted by Gasteiger charge is -2.31. The average molecular weight is 434 g/mol. The van der Waals surface area contributed by atoms with Gasteiger partial charge in [0.15, 0.2) is 0 Å². The Morgan fingerprint density at radius 1 is 0.848 bits per heavy atom. The zero-order chi connectivity index (χ0) is 22.4. The van der Waals surface area contributed by atoms with Crippen molar-refractivity contribution in [3.63, 3.8) is 0 Å². The van der Waals surface area contributed by atoms with E-state index in [0.717, 1.165) is 23.5 Å². The third kappa shape index (κ3) is 3.51. The van der Waals surface area contributed by atoms with Crippen molar-refractivity contribution in [2.75, 3.05) is 19.0 Å². The number of H-pyrrole nitrogens is 2. The van der Waals surface area contributed by atoms with E-state index in [1.54, 1.807) is 0 Å². The van der Waals surface area contributed by atoms with E-state index < -0.39 is 0 Å². The maximum Gasteiger partial charge on any atom is 0.124 e. The molecule has 1 aliphatic heterocycles. The maximum atomic E-state index is 4.78. The molecule has 6 rings (SSSR count). The summed E-state index contributed by atoms with van der Waals surface area (Å²) in [5.41, 5.74) is 8.44. The van der Waals surface area contributed by atoms with Gasteiger partial charge in [-0.25, -0.2) is 4.98 Å². The van der Waals surface area contributed by atoms with Crippen LogP contribution in [-0.2, 0) is 6.42 Å². The molecule has 1 unspecified atom stereocenters. The summed E-state index contributed by atoms with van der Waals surface area (Å²) in [7, 11) is 4.14. The Morgan fingerprint density at radius 2 is 1.61 bits per heavy atom. The van der Waals surface area contributed by atoms with E-state index in [-0.39, 0.29) is 12.1 Å². The first kappa shape index (κ1) is 19.8. The summed E-state index contributed by atoms with van der Waals surface area (Å²) in [6, 6.07) is 27.9. The molecule has 3 heterocycles. The third-order valence-corrected chi connectivity index (χ3v) is 6.66. The number of nitrogens with one attached hydrogen (secondary N) is 3. The first-order valence-corrected chi connectivity index (χ1v) is 11.4. The maximum absolute atomic E-state index is 4.78. The van der Waals surface area contributed by atoms with Gasteiger partial charge in [0.2, 0.25) is 0 Å². The zero-order valence-electron chi connectivity index (χ0n) is 18.8. The number of rotatable bonds is 4. The molecule has 0 bridgehead atoms. The van der Waals surface area contributed by atoms with Crippen molar-refractivity contribution in [1.29, 1.82) is 0 Å². The number of imidazole rings is 1. The first-order valence-electron chi connectivity index (χ1n) is 11.4. The fourth-order valence-electron chi connectivity index (χ4n) is 4.92. The smallest absolute Gasteiger partial charge is 0.124 e. The van der Waals surface area contributed by atoms with Gasteiger partial charge in [0.1, 0.15) is 5.82 Å². The molecular weight excluding hydrogens is 406 g/mol. The van der Waals surface area contributed by atoms with Gasteiger partial charge in [-0.2, -0.15) is 0 Å². The molecule has 33 heavy (non-hydrogen) atoms. The van der Waals surface area contributed by atoms with Gasteiger partial charge in [0, 0.05) is 36.4 Å². The third-order valence-electron chi connectivity index (χ3n) is 6.66. The van der Waals surface area contributed by atoms with Crippen LogP contribution in [0.4, 0.5) is 5.69 Å². The summed E-state index contributed by atoms with van der Waals surface area (Å²) in [6.07, 6.45) is 2.82. The van der Waals surface area contributed by atoms with Gasteiger partial charge in [-0.05, 0) is 41.3 Å². The minimum Gasteiger partial charge on any atom is -0.378 e. The largest absolute Gasteiger partial charge is 0.378 e. The topological polar surface area (TPSA) is 59.7 Å². The molecule has 164 valence electrons. The van der Waals surface area contributed by atoms with Crippen molar-refractivity contribution in [2.24, 2.45) is 0 Å². The highest BCUT2D eigenvalue weighted by atomic mass is 15.1. The van der Waals surface area contributed by atoms with E-state index in [9.17, 15) is 0 Å². The summed E-state index contributed by atoms with van der Waals surface area (Å²) in [6.45, 7) is 0. The molecular formula is C28H27N5. The SMILES string of the molecule is CN(C)c1ccc(C2N[C@@H](c3ncc(-c4ccccc4)[nH]3)Cc3c2[nH]c2ccccc32)cc1. The van der Waals surface area contributed by atoms with Crippen LogP contribution < -0.4 is 10.2 Å². The van der Waals surface area contributed by atoms with Crippen LogP contribution in [0.1, 0.15) is 34.7 Å². The molecule has 2 aromatic heterocycles. The monoisotopic (exact) mass is 433 g/mol. The lowest BCUT2D eigenvalue weighted by molar-refractivity contribution is 0.433. The highest BCUT2D eigenvalue weighted by Gasteiger charge is 2.32. The second-order valence-corrected chi connectivity index (χ2v) is 8.95. The number of benzene rings is 3. The van der Waals surface area contributed by atoms with Crippen molar-refractivity contribution in [1.82, 2.24) is 20.3 Å². The molecule has 3 N–H and O–H groups in total. The molecule has 3 aromatic carbocycles. The molecule has 5 aromatic rings. The van der Waals surface area contributed by atoms with Gasteiger partial charge < -0.3 is 14.9 Å². The second-order valence-electron chi connectivity index (χ2n) is 8.95. The van der Waals surface area contributed by atoms with Crippen LogP contribution in [0.2, 0.25) is 0 Å². The lowest BCUT2D eigenvalue weighted by atomic mass is 9.90. The molecule has 0 fully saturated rings.